The number of hydrogen-bond donors (Lipinski definition) is 2. The van der Waals surface area contributed by atoms with Crippen LogP contribution in [0, 0.1) is 24.4 Å². The molecule has 5 nitrogen and oxygen atoms in total. The molecule has 0 aliphatic carbocycles. The van der Waals surface area contributed by atoms with Crippen molar-refractivity contribution in [3.8, 4) is 0 Å². The van der Waals surface area contributed by atoms with Gasteiger partial charge >= 0.3 is 0 Å². The fourth-order valence-corrected chi connectivity index (χ4v) is 2.56. The van der Waals surface area contributed by atoms with Crippen LogP contribution < -0.4 is 10.6 Å². The summed E-state index contributed by atoms with van der Waals surface area (Å²) in [5, 5.41) is 5.30. The van der Waals surface area contributed by atoms with Crippen molar-refractivity contribution in [1.29, 1.82) is 0 Å². The molecule has 0 spiro atoms. The standard InChI is InChI=1S/C20H17F3N4O/c1-12-25-16(20(28)24-10-9-13-5-3-2-4-6-13)11-17(26-12)27-15-8-7-14(21)18(22)19(15)23/h2-8,11H,9-10H2,1H3,(H,24,28)(H,25,26,27). The summed E-state index contributed by atoms with van der Waals surface area (Å²) < 4.78 is 40.3. The van der Waals surface area contributed by atoms with E-state index >= 15 is 0 Å². The first-order valence-corrected chi connectivity index (χ1v) is 8.52. The van der Waals surface area contributed by atoms with E-state index in [9.17, 15) is 18.0 Å². The average Bonchev–Trinajstić information content (AvgIpc) is 2.69. The number of carbonyl (C=O) groups is 1. The first-order chi connectivity index (χ1) is 13.4. The second-order valence-corrected chi connectivity index (χ2v) is 6.03. The van der Waals surface area contributed by atoms with Gasteiger partial charge in [0.15, 0.2) is 17.5 Å². The minimum absolute atomic E-state index is 0.0750. The number of anilines is 2. The Morgan fingerprint density at radius 1 is 1.00 bits per heavy atom. The van der Waals surface area contributed by atoms with Gasteiger partial charge in [-0.3, -0.25) is 4.79 Å². The fourth-order valence-electron chi connectivity index (χ4n) is 2.56. The third-order valence-corrected chi connectivity index (χ3v) is 3.91. The maximum atomic E-state index is 13.8. The number of benzene rings is 2. The highest BCUT2D eigenvalue weighted by Gasteiger charge is 2.15. The van der Waals surface area contributed by atoms with E-state index in [1.165, 1.54) is 6.07 Å². The predicted octanol–water partition coefficient (Wildman–Crippen LogP) is 3.92. The first kappa shape index (κ1) is 19.3. The Balaban J connectivity index is 1.70. The number of hydrogen-bond acceptors (Lipinski definition) is 4. The summed E-state index contributed by atoms with van der Waals surface area (Å²) in [6.07, 6.45) is 0.655. The second kappa shape index (κ2) is 8.51. The smallest absolute Gasteiger partial charge is 0.270 e. The normalized spacial score (nSPS) is 10.6. The number of aromatic nitrogens is 2. The van der Waals surface area contributed by atoms with Crippen LogP contribution in [0.3, 0.4) is 0 Å². The van der Waals surface area contributed by atoms with E-state index in [0.717, 1.165) is 17.7 Å². The Morgan fingerprint density at radius 3 is 2.50 bits per heavy atom. The maximum Gasteiger partial charge on any atom is 0.270 e. The predicted molar refractivity (Wildman–Crippen MR) is 98.8 cm³/mol. The van der Waals surface area contributed by atoms with Crippen LogP contribution in [-0.2, 0) is 6.42 Å². The van der Waals surface area contributed by atoms with Crippen molar-refractivity contribution in [3.63, 3.8) is 0 Å². The van der Waals surface area contributed by atoms with Crippen LogP contribution in [0.5, 0.6) is 0 Å². The van der Waals surface area contributed by atoms with E-state index in [2.05, 4.69) is 20.6 Å². The molecule has 1 heterocycles. The molecule has 0 unspecified atom stereocenters. The number of rotatable bonds is 6. The van der Waals surface area contributed by atoms with Crippen LogP contribution in [0.15, 0.2) is 48.5 Å². The molecule has 3 rings (SSSR count). The monoisotopic (exact) mass is 386 g/mol. The van der Waals surface area contributed by atoms with Crippen LogP contribution in [0.4, 0.5) is 24.7 Å². The molecule has 3 aromatic rings. The molecule has 1 aromatic heterocycles. The average molecular weight is 386 g/mol. The van der Waals surface area contributed by atoms with Gasteiger partial charge in [0, 0.05) is 12.6 Å². The van der Waals surface area contributed by atoms with Gasteiger partial charge in [-0.1, -0.05) is 30.3 Å². The summed E-state index contributed by atoms with van der Waals surface area (Å²) in [6.45, 7) is 1.97. The highest BCUT2D eigenvalue weighted by Crippen LogP contribution is 2.23. The number of carbonyl (C=O) groups excluding carboxylic acids is 1. The fraction of sp³-hybridized carbons (Fsp3) is 0.150. The number of amides is 1. The largest absolute Gasteiger partial charge is 0.350 e. The zero-order chi connectivity index (χ0) is 20.1. The van der Waals surface area contributed by atoms with Crippen molar-refractivity contribution in [1.82, 2.24) is 15.3 Å². The number of halogens is 3. The summed E-state index contributed by atoms with van der Waals surface area (Å²) in [6, 6.07) is 12.8. The molecule has 0 radical (unpaired) electrons. The van der Waals surface area contributed by atoms with Crippen molar-refractivity contribution >= 4 is 17.4 Å². The van der Waals surface area contributed by atoms with E-state index in [0.29, 0.717) is 13.0 Å². The van der Waals surface area contributed by atoms with Crippen LogP contribution in [0.1, 0.15) is 21.9 Å². The summed E-state index contributed by atoms with van der Waals surface area (Å²) in [7, 11) is 0. The van der Waals surface area contributed by atoms with Gasteiger partial charge in [-0.05, 0) is 31.0 Å². The Morgan fingerprint density at radius 2 is 1.75 bits per heavy atom. The zero-order valence-electron chi connectivity index (χ0n) is 15.0. The lowest BCUT2D eigenvalue weighted by molar-refractivity contribution is 0.0949. The van der Waals surface area contributed by atoms with Gasteiger partial charge in [0.05, 0.1) is 5.69 Å². The molecule has 0 bridgehead atoms. The molecule has 144 valence electrons. The van der Waals surface area contributed by atoms with Gasteiger partial charge in [0.25, 0.3) is 5.91 Å². The lowest BCUT2D eigenvalue weighted by Crippen LogP contribution is -2.27. The third kappa shape index (κ3) is 4.64. The molecule has 0 saturated carbocycles. The van der Waals surface area contributed by atoms with Crippen LogP contribution in [0.25, 0.3) is 0 Å². The third-order valence-electron chi connectivity index (χ3n) is 3.91. The quantitative estimate of drug-likeness (QED) is 0.630. The molecule has 2 aromatic carbocycles. The van der Waals surface area contributed by atoms with Crippen molar-refractivity contribution in [2.75, 3.05) is 11.9 Å². The Hall–Kier alpha value is -3.42. The SMILES string of the molecule is Cc1nc(Nc2ccc(F)c(F)c2F)cc(C(=O)NCCc2ccccc2)n1. The molecule has 0 aliphatic rings. The number of nitrogens with one attached hydrogen (secondary N) is 2. The lowest BCUT2D eigenvalue weighted by atomic mass is 10.1. The van der Waals surface area contributed by atoms with E-state index in [1.54, 1.807) is 6.92 Å². The molecule has 0 saturated heterocycles. The molecule has 28 heavy (non-hydrogen) atoms. The van der Waals surface area contributed by atoms with Gasteiger partial charge in [0.1, 0.15) is 17.3 Å². The van der Waals surface area contributed by atoms with E-state index in [1.807, 2.05) is 30.3 Å². The molecule has 2 N–H and O–H groups in total. The van der Waals surface area contributed by atoms with E-state index in [-0.39, 0.29) is 23.0 Å². The highest BCUT2D eigenvalue weighted by molar-refractivity contribution is 5.93. The van der Waals surface area contributed by atoms with Gasteiger partial charge in [0.2, 0.25) is 0 Å². The number of aryl methyl sites for hydroxylation is 1. The summed E-state index contributed by atoms with van der Waals surface area (Å²) in [4.78, 5) is 20.5. The van der Waals surface area contributed by atoms with Gasteiger partial charge in [-0.25, -0.2) is 23.1 Å². The zero-order valence-corrected chi connectivity index (χ0v) is 15.0. The topological polar surface area (TPSA) is 66.9 Å². The van der Waals surface area contributed by atoms with Crippen molar-refractivity contribution in [2.45, 2.75) is 13.3 Å². The molecule has 8 heteroatoms. The van der Waals surface area contributed by atoms with Crippen LogP contribution >= 0.6 is 0 Å². The maximum absolute atomic E-state index is 13.8. The van der Waals surface area contributed by atoms with Crippen molar-refractivity contribution in [2.24, 2.45) is 0 Å². The highest BCUT2D eigenvalue weighted by atomic mass is 19.2. The Kier molecular flexibility index (Phi) is 5.88. The lowest BCUT2D eigenvalue weighted by Gasteiger charge is -2.10. The molecular formula is C20H17F3N4O. The van der Waals surface area contributed by atoms with Gasteiger partial charge < -0.3 is 10.6 Å². The van der Waals surface area contributed by atoms with Gasteiger partial charge in [-0.15, -0.1) is 0 Å². The van der Waals surface area contributed by atoms with Gasteiger partial charge in [-0.2, -0.15) is 0 Å². The molecule has 0 fully saturated rings. The minimum Gasteiger partial charge on any atom is -0.350 e. The molecule has 0 aliphatic heterocycles. The van der Waals surface area contributed by atoms with Crippen LogP contribution in [0.2, 0.25) is 0 Å². The number of nitrogens with zero attached hydrogens (tertiary/aromatic N) is 2. The van der Waals surface area contributed by atoms with Crippen molar-refractivity contribution < 1.29 is 18.0 Å². The Labute approximate surface area is 159 Å². The second-order valence-electron chi connectivity index (χ2n) is 6.03. The first-order valence-electron chi connectivity index (χ1n) is 8.52. The molecule has 0 atom stereocenters. The van der Waals surface area contributed by atoms with E-state index < -0.39 is 23.4 Å². The minimum atomic E-state index is -1.59. The Bertz CT molecular complexity index is 996. The summed E-state index contributed by atoms with van der Waals surface area (Å²) in [5.41, 5.74) is 0.858. The van der Waals surface area contributed by atoms with E-state index in [4.69, 9.17) is 0 Å². The van der Waals surface area contributed by atoms with Crippen LogP contribution in [-0.4, -0.2) is 22.4 Å². The molecule has 1 amide bonds. The summed E-state index contributed by atoms with van der Waals surface area (Å²) >= 11 is 0. The molecular weight excluding hydrogens is 369 g/mol. The van der Waals surface area contributed by atoms with Crippen molar-refractivity contribution in [3.05, 3.63) is 83.1 Å². The summed E-state index contributed by atoms with van der Waals surface area (Å²) in [5.74, 6) is -4.32.